The van der Waals surface area contributed by atoms with Gasteiger partial charge in [-0.1, -0.05) is 18.2 Å². The number of hydrogen-bond acceptors (Lipinski definition) is 4. The molecule has 5 nitrogen and oxygen atoms in total. The Labute approximate surface area is 117 Å². The zero-order valence-electron chi connectivity index (χ0n) is 11.2. The number of nitrogens with two attached hydrogens (primary N) is 1. The lowest BCUT2D eigenvalue weighted by atomic mass is 10.1. The van der Waals surface area contributed by atoms with Gasteiger partial charge in [-0.05, 0) is 29.8 Å². The number of carbonyl (C=O) groups excluding carboxylic acids is 1. The minimum absolute atomic E-state index is 0.227. The summed E-state index contributed by atoms with van der Waals surface area (Å²) in [5, 5.41) is 9.48. The molecule has 0 aliphatic rings. The normalized spacial score (nSPS) is 10.1. The van der Waals surface area contributed by atoms with Gasteiger partial charge in [-0.3, -0.25) is 10.2 Å². The molecule has 0 aromatic heterocycles. The molecule has 0 saturated carbocycles. The molecule has 104 valence electrons. The van der Waals surface area contributed by atoms with Crippen molar-refractivity contribution in [2.75, 3.05) is 11.9 Å². The fourth-order valence-corrected chi connectivity index (χ4v) is 1.99. The summed E-state index contributed by atoms with van der Waals surface area (Å²) in [6.07, 6.45) is 0. The minimum atomic E-state index is -0.313. The summed E-state index contributed by atoms with van der Waals surface area (Å²) in [6.45, 7) is 0.620. The maximum atomic E-state index is 11.5. The van der Waals surface area contributed by atoms with Crippen LogP contribution in [0.4, 0.5) is 5.69 Å². The van der Waals surface area contributed by atoms with E-state index in [1.165, 1.54) is 0 Å². The maximum Gasteiger partial charge on any atom is 0.265 e. The number of carbonyl (C=O) groups is 1. The predicted molar refractivity (Wildman–Crippen MR) is 78.3 cm³/mol. The number of anilines is 1. The molecule has 0 fully saturated rings. The molecular formula is C15H17N3O2. The molecule has 2 aromatic carbocycles. The summed E-state index contributed by atoms with van der Waals surface area (Å²) in [6, 6.07) is 14.3. The lowest BCUT2D eigenvalue weighted by Crippen LogP contribution is -2.30. The van der Waals surface area contributed by atoms with E-state index in [-0.39, 0.29) is 11.7 Å². The quantitative estimate of drug-likeness (QED) is 0.448. The van der Waals surface area contributed by atoms with Crippen molar-refractivity contribution >= 4 is 11.6 Å². The largest absolute Gasteiger partial charge is 0.508 e. The van der Waals surface area contributed by atoms with Crippen molar-refractivity contribution in [3.63, 3.8) is 0 Å². The first-order chi connectivity index (χ1) is 9.60. The number of nitrogens with zero attached hydrogens (tertiary/aromatic N) is 1. The fraction of sp³-hybridized carbons (Fsp3) is 0.133. The van der Waals surface area contributed by atoms with Crippen LogP contribution in [0.15, 0.2) is 48.5 Å². The van der Waals surface area contributed by atoms with Gasteiger partial charge in [0.25, 0.3) is 5.91 Å². The highest BCUT2D eigenvalue weighted by Crippen LogP contribution is 2.20. The number of hydrazine groups is 1. The van der Waals surface area contributed by atoms with Gasteiger partial charge in [0.05, 0.1) is 0 Å². The van der Waals surface area contributed by atoms with E-state index in [9.17, 15) is 9.90 Å². The summed E-state index contributed by atoms with van der Waals surface area (Å²) < 4.78 is 0. The molecule has 2 aromatic rings. The maximum absolute atomic E-state index is 11.5. The Hall–Kier alpha value is -2.53. The van der Waals surface area contributed by atoms with Crippen LogP contribution in [-0.4, -0.2) is 18.1 Å². The van der Waals surface area contributed by atoms with E-state index >= 15 is 0 Å². The van der Waals surface area contributed by atoms with Crippen molar-refractivity contribution in [3.05, 3.63) is 59.7 Å². The first kappa shape index (κ1) is 13.9. The number of nitrogens with one attached hydrogen (secondary N) is 1. The van der Waals surface area contributed by atoms with Crippen LogP contribution in [0.25, 0.3) is 0 Å². The summed E-state index contributed by atoms with van der Waals surface area (Å²) in [7, 11) is 1.92. The summed E-state index contributed by atoms with van der Waals surface area (Å²) in [4.78, 5) is 13.5. The molecule has 0 atom stereocenters. The standard InChI is InChI=1S/C15H17N3O2/c1-18(13-6-3-7-14(19)9-13)10-11-4-2-5-12(8-11)15(20)17-16/h2-9,19H,10,16H2,1H3,(H,17,20). The second-order valence-electron chi connectivity index (χ2n) is 4.55. The third kappa shape index (κ3) is 3.27. The molecule has 0 radical (unpaired) electrons. The molecule has 5 heteroatoms. The van der Waals surface area contributed by atoms with E-state index < -0.39 is 0 Å². The van der Waals surface area contributed by atoms with E-state index in [0.29, 0.717) is 12.1 Å². The van der Waals surface area contributed by atoms with Crippen LogP contribution >= 0.6 is 0 Å². The Kier molecular flexibility index (Phi) is 4.22. The van der Waals surface area contributed by atoms with Gasteiger partial charge < -0.3 is 10.0 Å². The van der Waals surface area contributed by atoms with Crippen LogP contribution in [0.2, 0.25) is 0 Å². The number of benzene rings is 2. The van der Waals surface area contributed by atoms with Gasteiger partial charge in [0.15, 0.2) is 0 Å². The molecule has 1 amide bonds. The van der Waals surface area contributed by atoms with Gasteiger partial charge in [0.1, 0.15) is 5.75 Å². The van der Waals surface area contributed by atoms with Crippen LogP contribution < -0.4 is 16.2 Å². The minimum Gasteiger partial charge on any atom is -0.508 e. The van der Waals surface area contributed by atoms with Crippen LogP contribution in [0.3, 0.4) is 0 Å². The van der Waals surface area contributed by atoms with Crippen LogP contribution in [0.1, 0.15) is 15.9 Å². The van der Waals surface area contributed by atoms with Crippen LogP contribution in [0, 0.1) is 0 Å². The van der Waals surface area contributed by atoms with E-state index in [1.807, 2.05) is 30.1 Å². The third-order valence-electron chi connectivity index (χ3n) is 3.01. The molecule has 0 aliphatic heterocycles. The van der Waals surface area contributed by atoms with E-state index in [2.05, 4.69) is 5.43 Å². The zero-order valence-corrected chi connectivity index (χ0v) is 11.2. The molecule has 0 aliphatic carbocycles. The number of phenolic OH excluding ortho intramolecular Hbond substituents is 1. The van der Waals surface area contributed by atoms with Crippen LogP contribution in [-0.2, 0) is 6.54 Å². The summed E-state index contributed by atoms with van der Waals surface area (Å²) in [5.41, 5.74) is 4.52. The fourth-order valence-electron chi connectivity index (χ4n) is 1.99. The van der Waals surface area contributed by atoms with Gasteiger partial charge in [0, 0.05) is 30.9 Å². The van der Waals surface area contributed by atoms with Crippen molar-refractivity contribution in [1.29, 1.82) is 0 Å². The number of aromatic hydroxyl groups is 1. The number of rotatable bonds is 4. The smallest absolute Gasteiger partial charge is 0.265 e. The number of hydrogen-bond donors (Lipinski definition) is 3. The van der Waals surface area contributed by atoms with Gasteiger partial charge in [-0.15, -0.1) is 0 Å². The molecule has 4 N–H and O–H groups in total. The first-order valence-corrected chi connectivity index (χ1v) is 6.20. The first-order valence-electron chi connectivity index (χ1n) is 6.20. The molecular weight excluding hydrogens is 254 g/mol. The highest BCUT2D eigenvalue weighted by molar-refractivity contribution is 5.93. The average Bonchev–Trinajstić information content (AvgIpc) is 2.46. The van der Waals surface area contributed by atoms with E-state index in [1.54, 1.807) is 30.3 Å². The highest BCUT2D eigenvalue weighted by Gasteiger charge is 2.07. The molecule has 20 heavy (non-hydrogen) atoms. The lowest BCUT2D eigenvalue weighted by molar-refractivity contribution is 0.0953. The highest BCUT2D eigenvalue weighted by atomic mass is 16.3. The van der Waals surface area contributed by atoms with Crippen LogP contribution in [0.5, 0.6) is 5.75 Å². The molecule has 0 saturated heterocycles. The number of phenols is 1. The summed E-state index contributed by atoms with van der Waals surface area (Å²) >= 11 is 0. The number of nitrogen functional groups attached to an aromatic ring is 1. The van der Waals surface area contributed by atoms with E-state index in [0.717, 1.165) is 11.3 Å². The van der Waals surface area contributed by atoms with Crippen molar-refractivity contribution in [1.82, 2.24) is 5.43 Å². The topological polar surface area (TPSA) is 78.6 Å². The van der Waals surface area contributed by atoms with Crippen molar-refractivity contribution in [3.8, 4) is 5.75 Å². The van der Waals surface area contributed by atoms with Gasteiger partial charge in [0.2, 0.25) is 0 Å². The SMILES string of the molecule is CN(Cc1cccc(C(=O)NN)c1)c1cccc(O)c1. The number of amides is 1. The van der Waals surface area contributed by atoms with Crippen molar-refractivity contribution in [2.45, 2.75) is 6.54 Å². The monoisotopic (exact) mass is 271 g/mol. The molecule has 0 unspecified atom stereocenters. The molecule has 2 rings (SSSR count). The molecule has 0 heterocycles. The van der Waals surface area contributed by atoms with Crippen molar-refractivity contribution < 1.29 is 9.90 Å². The van der Waals surface area contributed by atoms with Gasteiger partial charge in [-0.2, -0.15) is 0 Å². The Bertz CT molecular complexity index is 614. The average molecular weight is 271 g/mol. The third-order valence-corrected chi connectivity index (χ3v) is 3.01. The van der Waals surface area contributed by atoms with Crippen molar-refractivity contribution in [2.24, 2.45) is 5.84 Å². The Morgan fingerprint density at radius 1 is 1.25 bits per heavy atom. The second-order valence-corrected chi connectivity index (χ2v) is 4.55. The molecule has 0 bridgehead atoms. The van der Waals surface area contributed by atoms with E-state index in [4.69, 9.17) is 5.84 Å². The van der Waals surface area contributed by atoms with Gasteiger partial charge >= 0.3 is 0 Å². The summed E-state index contributed by atoms with van der Waals surface area (Å²) in [5.74, 6) is 5.04. The predicted octanol–water partition coefficient (Wildman–Crippen LogP) is 1.63. The Balaban J connectivity index is 2.15. The molecule has 0 spiro atoms. The Morgan fingerprint density at radius 3 is 2.70 bits per heavy atom. The lowest BCUT2D eigenvalue weighted by Gasteiger charge is -2.19. The second kappa shape index (κ2) is 6.08. The zero-order chi connectivity index (χ0) is 14.5. The Morgan fingerprint density at radius 2 is 2.00 bits per heavy atom. The van der Waals surface area contributed by atoms with Gasteiger partial charge in [-0.25, -0.2) is 5.84 Å².